The number of ether oxygens (including phenoxy) is 3. The predicted molar refractivity (Wildman–Crippen MR) is 190 cm³/mol. The first kappa shape index (κ1) is 32.1. The van der Waals surface area contributed by atoms with E-state index >= 15 is 0 Å². The Morgan fingerprint density at radius 3 is 2.42 bits per heavy atom. The summed E-state index contributed by atoms with van der Waals surface area (Å²) in [5.41, 5.74) is 4.47. The van der Waals surface area contributed by atoms with E-state index in [2.05, 4.69) is 75.0 Å². The lowest BCUT2D eigenvalue weighted by Crippen LogP contribution is -2.13. The van der Waals surface area contributed by atoms with Crippen molar-refractivity contribution in [1.29, 1.82) is 5.26 Å². The summed E-state index contributed by atoms with van der Waals surface area (Å²) in [5.74, 6) is 1.32. The predicted octanol–water partition coefficient (Wildman–Crippen LogP) is 9.62. The van der Waals surface area contributed by atoms with Gasteiger partial charge in [0, 0.05) is 15.7 Å². The third kappa shape index (κ3) is 8.24. The first-order chi connectivity index (χ1) is 21.8. The van der Waals surface area contributed by atoms with Crippen molar-refractivity contribution >= 4 is 67.0 Å². The van der Waals surface area contributed by atoms with Crippen LogP contribution in [0.15, 0.2) is 107 Å². The Bertz CT molecular complexity index is 1900. The van der Waals surface area contributed by atoms with Gasteiger partial charge in [-0.1, -0.05) is 64.5 Å². The zero-order chi connectivity index (χ0) is 31.8. The smallest absolute Gasteiger partial charge is 0.266 e. The van der Waals surface area contributed by atoms with Crippen LogP contribution in [-0.4, -0.2) is 12.5 Å². The Kier molecular flexibility index (Phi) is 10.8. The van der Waals surface area contributed by atoms with E-state index in [-0.39, 0.29) is 5.57 Å². The fourth-order valence-corrected chi connectivity index (χ4v) is 5.80. The molecule has 0 heterocycles. The van der Waals surface area contributed by atoms with Crippen molar-refractivity contribution in [2.24, 2.45) is 0 Å². The highest BCUT2D eigenvalue weighted by Gasteiger charge is 2.16. The number of carbonyl (C=O) groups is 1. The van der Waals surface area contributed by atoms with Crippen molar-refractivity contribution in [3.05, 3.63) is 133 Å². The van der Waals surface area contributed by atoms with E-state index in [1.807, 2.05) is 55.5 Å². The average molecular weight is 773 g/mol. The number of rotatable bonds is 11. The number of fused-ring (bicyclic) bond motifs is 1. The standard InChI is InChI=1S/C37H30BrIN2O4/c1-3-43-35-20-26(19-34(39)36(35)45-23-33-24(2)8-11-27-6-4-5-7-32(27)33)18-28(21-40)37(42)41-30-14-16-31(17-15-30)44-22-25-9-12-29(38)13-10-25/h4-20H,3,22-23H2,1-2H3,(H,41,42)/b28-18+. The van der Waals surface area contributed by atoms with Crippen LogP contribution in [0, 0.1) is 21.8 Å². The van der Waals surface area contributed by atoms with E-state index < -0.39 is 5.91 Å². The molecule has 226 valence electrons. The zero-order valence-electron chi connectivity index (χ0n) is 24.8. The SMILES string of the molecule is CCOc1cc(/C=C(\C#N)C(=O)Nc2ccc(OCc3ccc(Br)cc3)cc2)cc(I)c1OCc1c(C)ccc2ccccc12. The van der Waals surface area contributed by atoms with E-state index in [1.54, 1.807) is 36.4 Å². The highest BCUT2D eigenvalue weighted by molar-refractivity contribution is 14.1. The molecule has 0 aliphatic rings. The Morgan fingerprint density at radius 2 is 1.69 bits per heavy atom. The maximum Gasteiger partial charge on any atom is 0.266 e. The van der Waals surface area contributed by atoms with Gasteiger partial charge in [-0.25, -0.2) is 0 Å². The van der Waals surface area contributed by atoms with Crippen molar-refractivity contribution in [3.63, 3.8) is 0 Å². The van der Waals surface area contributed by atoms with Crippen LogP contribution in [-0.2, 0) is 18.0 Å². The lowest BCUT2D eigenvalue weighted by molar-refractivity contribution is -0.112. The molecule has 45 heavy (non-hydrogen) atoms. The van der Waals surface area contributed by atoms with Crippen LogP contribution < -0.4 is 19.5 Å². The van der Waals surface area contributed by atoms with Crippen LogP contribution in [0.1, 0.15) is 29.2 Å². The number of nitrogens with one attached hydrogen (secondary N) is 1. The van der Waals surface area contributed by atoms with Crippen LogP contribution in [0.25, 0.3) is 16.8 Å². The number of benzene rings is 5. The molecule has 6 nitrogen and oxygen atoms in total. The summed E-state index contributed by atoms with van der Waals surface area (Å²) in [6.07, 6.45) is 1.55. The van der Waals surface area contributed by atoms with Crippen LogP contribution >= 0.6 is 38.5 Å². The minimum atomic E-state index is -0.513. The lowest BCUT2D eigenvalue weighted by Gasteiger charge is -2.17. The fourth-order valence-electron chi connectivity index (χ4n) is 4.75. The van der Waals surface area contributed by atoms with Gasteiger partial charge in [0.2, 0.25) is 0 Å². The Labute approximate surface area is 284 Å². The van der Waals surface area contributed by atoms with E-state index in [0.717, 1.165) is 35.5 Å². The Morgan fingerprint density at radius 1 is 0.933 bits per heavy atom. The number of hydrogen-bond donors (Lipinski definition) is 1. The third-order valence-electron chi connectivity index (χ3n) is 7.07. The van der Waals surface area contributed by atoms with Gasteiger partial charge < -0.3 is 19.5 Å². The van der Waals surface area contributed by atoms with Crippen molar-refractivity contribution in [2.45, 2.75) is 27.1 Å². The van der Waals surface area contributed by atoms with Gasteiger partial charge in [0.05, 0.1) is 10.2 Å². The first-order valence-corrected chi connectivity index (χ1v) is 16.2. The largest absolute Gasteiger partial charge is 0.490 e. The van der Waals surface area contributed by atoms with E-state index in [1.165, 1.54) is 0 Å². The molecular weight excluding hydrogens is 743 g/mol. The number of hydrogen-bond acceptors (Lipinski definition) is 5. The lowest BCUT2D eigenvalue weighted by atomic mass is 10.0. The van der Waals surface area contributed by atoms with Crippen molar-refractivity contribution in [3.8, 4) is 23.3 Å². The van der Waals surface area contributed by atoms with Crippen LogP contribution in [0.5, 0.6) is 17.2 Å². The normalized spacial score (nSPS) is 11.1. The topological polar surface area (TPSA) is 80.6 Å². The molecule has 0 fully saturated rings. The van der Waals surface area contributed by atoms with Crippen molar-refractivity contribution in [2.75, 3.05) is 11.9 Å². The fraction of sp³-hybridized carbons (Fsp3) is 0.135. The molecule has 0 bridgehead atoms. The number of nitrogens with zero attached hydrogens (tertiary/aromatic N) is 1. The molecule has 0 spiro atoms. The summed E-state index contributed by atoms with van der Waals surface area (Å²) in [5, 5.41) is 14.9. The van der Waals surface area contributed by atoms with Gasteiger partial charge in [0.1, 0.15) is 30.6 Å². The van der Waals surface area contributed by atoms with Gasteiger partial charge >= 0.3 is 0 Å². The molecule has 1 amide bonds. The molecule has 0 aliphatic carbocycles. The maximum atomic E-state index is 13.0. The second-order valence-corrected chi connectivity index (χ2v) is 12.3. The Balaban J connectivity index is 1.29. The van der Waals surface area contributed by atoms with Crippen LogP contribution in [0.2, 0.25) is 0 Å². The van der Waals surface area contributed by atoms with Gasteiger partial charge in [-0.05, 0) is 119 Å². The van der Waals surface area contributed by atoms with E-state index in [9.17, 15) is 10.1 Å². The molecule has 0 saturated carbocycles. The molecular formula is C37H30BrIN2O4. The van der Waals surface area contributed by atoms with Crippen LogP contribution in [0.3, 0.4) is 0 Å². The number of anilines is 1. The second kappa shape index (κ2) is 15.1. The molecule has 0 aliphatic heterocycles. The second-order valence-electron chi connectivity index (χ2n) is 10.2. The molecule has 0 saturated heterocycles. The molecule has 8 heteroatoms. The molecule has 0 aromatic heterocycles. The summed E-state index contributed by atoms with van der Waals surface area (Å²) < 4.78 is 20.0. The van der Waals surface area contributed by atoms with Crippen molar-refractivity contribution < 1.29 is 19.0 Å². The highest BCUT2D eigenvalue weighted by atomic mass is 127. The monoisotopic (exact) mass is 772 g/mol. The van der Waals surface area contributed by atoms with E-state index in [0.29, 0.717) is 48.3 Å². The summed E-state index contributed by atoms with van der Waals surface area (Å²) in [6, 6.07) is 33.1. The first-order valence-electron chi connectivity index (χ1n) is 14.3. The van der Waals surface area contributed by atoms with E-state index in [4.69, 9.17) is 14.2 Å². The molecule has 5 aromatic rings. The van der Waals surface area contributed by atoms with Gasteiger partial charge in [0.15, 0.2) is 11.5 Å². The number of carbonyl (C=O) groups excluding carboxylic acids is 1. The molecule has 1 N–H and O–H groups in total. The summed E-state index contributed by atoms with van der Waals surface area (Å²) in [7, 11) is 0. The van der Waals surface area contributed by atoms with Gasteiger partial charge in [-0.15, -0.1) is 0 Å². The number of halogens is 2. The summed E-state index contributed by atoms with van der Waals surface area (Å²) in [6.45, 7) is 5.21. The zero-order valence-corrected chi connectivity index (χ0v) is 28.5. The number of nitriles is 1. The van der Waals surface area contributed by atoms with Crippen molar-refractivity contribution in [1.82, 2.24) is 0 Å². The molecule has 5 rings (SSSR count). The summed E-state index contributed by atoms with van der Waals surface area (Å²) in [4.78, 5) is 13.0. The van der Waals surface area contributed by atoms with Crippen LogP contribution in [0.4, 0.5) is 5.69 Å². The maximum absolute atomic E-state index is 13.0. The molecule has 5 aromatic carbocycles. The Hall–Kier alpha value is -4.33. The average Bonchev–Trinajstić information content (AvgIpc) is 3.04. The highest BCUT2D eigenvalue weighted by Crippen LogP contribution is 2.36. The number of aryl methyl sites for hydroxylation is 1. The van der Waals surface area contributed by atoms with Gasteiger partial charge in [-0.3, -0.25) is 4.79 Å². The molecule has 0 atom stereocenters. The number of amides is 1. The molecule has 0 unspecified atom stereocenters. The third-order valence-corrected chi connectivity index (χ3v) is 8.40. The molecule has 0 radical (unpaired) electrons. The van der Waals surface area contributed by atoms with Gasteiger partial charge in [0.25, 0.3) is 5.91 Å². The minimum absolute atomic E-state index is 0.0381. The quantitative estimate of drug-likeness (QED) is 0.0822. The minimum Gasteiger partial charge on any atom is -0.490 e. The van der Waals surface area contributed by atoms with Gasteiger partial charge in [-0.2, -0.15) is 5.26 Å². The summed E-state index contributed by atoms with van der Waals surface area (Å²) >= 11 is 5.63.